The van der Waals surface area contributed by atoms with E-state index < -0.39 is 6.36 Å². The highest BCUT2D eigenvalue weighted by atomic mass is 19.4. The van der Waals surface area contributed by atoms with Crippen LogP contribution in [0, 0.1) is 0 Å². The fourth-order valence-electron chi connectivity index (χ4n) is 1.03. The Morgan fingerprint density at radius 3 is 2.15 bits per heavy atom. The number of carbonyl (C=O) groups excluding carboxylic acids is 1. The van der Waals surface area contributed by atoms with Crippen molar-refractivity contribution in [1.82, 2.24) is 0 Å². The lowest BCUT2D eigenvalue weighted by molar-refractivity contribution is -0.274. The van der Waals surface area contributed by atoms with Crippen molar-refractivity contribution in [1.29, 1.82) is 0 Å². The van der Waals surface area contributed by atoms with Crippen LogP contribution in [0.25, 0.3) is 0 Å². The SMILES string of the molecule is CC.CCOC=O.CCc1cccc(OC(F)(F)F)c1. The normalized spacial score (nSPS) is 9.35. The summed E-state index contributed by atoms with van der Waals surface area (Å²) in [6.45, 7) is 8.53. The predicted molar refractivity (Wildman–Crippen MR) is 71.5 cm³/mol. The second kappa shape index (κ2) is 12.3. The molecule has 0 amide bonds. The van der Waals surface area contributed by atoms with Crippen molar-refractivity contribution in [3.05, 3.63) is 29.8 Å². The number of benzene rings is 1. The molecule has 3 nitrogen and oxygen atoms in total. The van der Waals surface area contributed by atoms with Crippen molar-refractivity contribution in [3.8, 4) is 5.75 Å². The molecule has 20 heavy (non-hydrogen) atoms. The van der Waals surface area contributed by atoms with Crippen molar-refractivity contribution < 1.29 is 27.4 Å². The average molecular weight is 294 g/mol. The maximum absolute atomic E-state index is 11.8. The molecule has 0 bridgehead atoms. The third-order valence-corrected chi connectivity index (χ3v) is 1.77. The van der Waals surface area contributed by atoms with Gasteiger partial charge >= 0.3 is 6.36 Å². The summed E-state index contributed by atoms with van der Waals surface area (Å²) in [5, 5.41) is 0. The van der Waals surface area contributed by atoms with Gasteiger partial charge in [0.1, 0.15) is 5.75 Å². The van der Waals surface area contributed by atoms with Crippen LogP contribution in [0.3, 0.4) is 0 Å². The van der Waals surface area contributed by atoms with E-state index in [0.29, 0.717) is 19.5 Å². The van der Waals surface area contributed by atoms with Gasteiger partial charge < -0.3 is 9.47 Å². The zero-order chi connectivity index (χ0) is 16.0. The lowest BCUT2D eigenvalue weighted by Crippen LogP contribution is -2.17. The molecule has 0 aliphatic carbocycles. The summed E-state index contributed by atoms with van der Waals surface area (Å²) < 4.78 is 43.2. The molecule has 0 atom stereocenters. The van der Waals surface area contributed by atoms with E-state index in [2.05, 4.69) is 9.47 Å². The second-order valence-corrected chi connectivity index (χ2v) is 3.10. The zero-order valence-corrected chi connectivity index (χ0v) is 12.2. The first-order valence-electron chi connectivity index (χ1n) is 6.32. The van der Waals surface area contributed by atoms with Crippen LogP contribution >= 0.6 is 0 Å². The maximum atomic E-state index is 11.8. The van der Waals surface area contributed by atoms with E-state index in [9.17, 15) is 18.0 Å². The molecule has 0 fully saturated rings. The molecule has 0 unspecified atom stereocenters. The lowest BCUT2D eigenvalue weighted by Gasteiger charge is -2.09. The Balaban J connectivity index is 0. The highest BCUT2D eigenvalue weighted by molar-refractivity contribution is 5.36. The minimum atomic E-state index is -4.60. The molecule has 0 N–H and O–H groups in total. The summed E-state index contributed by atoms with van der Waals surface area (Å²) in [4.78, 5) is 9.18. The van der Waals surface area contributed by atoms with Crippen LogP contribution < -0.4 is 4.74 Å². The Morgan fingerprint density at radius 1 is 1.20 bits per heavy atom. The lowest BCUT2D eigenvalue weighted by atomic mass is 10.2. The van der Waals surface area contributed by atoms with Gasteiger partial charge in [0.15, 0.2) is 0 Å². The Morgan fingerprint density at radius 2 is 1.80 bits per heavy atom. The summed E-state index contributed by atoms with van der Waals surface area (Å²) in [6, 6.07) is 5.96. The molecule has 116 valence electrons. The summed E-state index contributed by atoms with van der Waals surface area (Å²) in [5.74, 6) is -0.160. The first-order valence-corrected chi connectivity index (χ1v) is 6.32. The maximum Gasteiger partial charge on any atom is 0.573 e. The molecule has 0 aliphatic rings. The zero-order valence-electron chi connectivity index (χ0n) is 12.2. The first kappa shape index (κ1) is 20.6. The average Bonchev–Trinajstić information content (AvgIpc) is 2.41. The Hall–Kier alpha value is -1.72. The number of carbonyl (C=O) groups is 1. The van der Waals surface area contributed by atoms with Crippen LogP contribution in [0.15, 0.2) is 24.3 Å². The Labute approximate surface area is 117 Å². The van der Waals surface area contributed by atoms with E-state index in [1.165, 1.54) is 12.1 Å². The molecule has 1 aromatic carbocycles. The number of halogens is 3. The molecule has 0 heterocycles. The standard InChI is InChI=1S/C9H9F3O.C3H6O2.C2H6/c1-2-7-4-3-5-8(6-7)13-9(10,11)12;1-2-5-3-4;1-2/h3-6H,2H2,1H3;3H,2H2,1H3;1-2H3. The van der Waals surface area contributed by atoms with Crippen LogP contribution in [-0.4, -0.2) is 19.4 Å². The quantitative estimate of drug-likeness (QED) is 0.774. The summed E-state index contributed by atoms with van der Waals surface area (Å²) in [7, 11) is 0. The van der Waals surface area contributed by atoms with Gasteiger partial charge in [-0.15, -0.1) is 13.2 Å². The predicted octanol–water partition coefficient (Wildman–Crippen LogP) is 4.35. The number of rotatable bonds is 4. The van der Waals surface area contributed by atoms with Gasteiger partial charge in [0.25, 0.3) is 6.47 Å². The number of aryl methyl sites for hydroxylation is 1. The molecular formula is C14H21F3O3. The Kier molecular flexibility index (Phi) is 12.7. The fourth-order valence-corrected chi connectivity index (χ4v) is 1.03. The molecular weight excluding hydrogens is 273 g/mol. The first-order chi connectivity index (χ1) is 9.42. The van der Waals surface area contributed by atoms with E-state index in [-0.39, 0.29) is 5.75 Å². The highest BCUT2D eigenvalue weighted by Crippen LogP contribution is 2.23. The molecule has 0 saturated carbocycles. The Bertz CT molecular complexity index is 352. The van der Waals surface area contributed by atoms with Crippen molar-refractivity contribution >= 4 is 6.47 Å². The summed E-state index contributed by atoms with van der Waals surface area (Å²) in [6.07, 6.45) is -3.92. The van der Waals surface area contributed by atoms with Gasteiger partial charge in [-0.05, 0) is 31.0 Å². The van der Waals surface area contributed by atoms with E-state index in [1.54, 1.807) is 19.1 Å². The third kappa shape index (κ3) is 12.7. The molecule has 0 spiro atoms. The van der Waals surface area contributed by atoms with Crippen molar-refractivity contribution in [2.24, 2.45) is 0 Å². The van der Waals surface area contributed by atoms with Gasteiger partial charge in [-0.2, -0.15) is 0 Å². The van der Waals surface area contributed by atoms with Crippen molar-refractivity contribution in [3.63, 3.8) is 0 Å². The van der Waals surface area contributed by atoms with Gasteiger partial charge in [0.05, 0.1) is 6.61 Å². The van der Waals surface area contributed by atoms with Gasteiger partial charge in [-0.3, -0.25) is 4.79 Å². The molecule has 0 aliphatic heterocycles. The largest absolute Gasteiger partial charge is 0.573 e. The third-order valence-electron chi connectivity index (χ3n) is 1.77. The summed E-state index contributed by atoms with van der Waals surface area (Å²) in [5.41, 5.74) is 0.821. The van der Waals surface area contributed by atoms with Crippen LogP contribution in [0.5, 0.6) is 5.75 Å². The molecule has 0 saturated heterocycles. The van der Waals surface area contributed by atoms with Crippen LogP contribution in [0.1, 0.15) is 33.3 Å². The smallest absolute Gasteiger partial charge is 0.468 e. The van der Waals surface area contributed by atoms with E-state index in [0.717, 1.165) is 5.56 Å². The van der Waals surface area contributed by atoms with E-state index >= 15 is 0 Å². The van der Waals surface area contributed by atoms with Gasteiger partial charge in [-0.25, -0.2) is 0 Å². The molecule has 0 aromatic heterocycles. The van der Waals surface area contributed by atoms with Crippen LogP contribution in [-0.2, 0) is 16.0 Å². The van der Waals surface area contributed by atoms with Crippen molar-refractivity contribution in [2.75, 3.05) is 6.61 Å². The number of hydrogen-bond acceptors (Lipinski definition) is 3. The van der Waals surface area contributed by atoms with Gasteiger partial charge in [0, 0.05) is 0 Å². The number of ether oxygens (including phenoxy) is 2. The van der Waals surface area contributed by atoms with Gasteiger partial charge in [-0.1, -0.05) is 32.9 Å². The number of hydrogen-bond donors (Lipinski definition) is 0. The van der Waals surface area contributed by atoms with Crippen molar-refractivity contribution in [2.45, 2.75) is 40.5 Å². The summed E-state index contributed by atoms with van der Waals surface area (Å²) >= 11 is 0. The van der Waals surface area contributed by atoms with Crippen LogP contribution in [0.4, 0.5) is 13.2 Å². The van der Waals surface area contributed by atoms with Crippen LogP contribution in [0.2, 0.25) is 0 Å². The molecule has 0 radical (unpaired) electrons. The minimum Gasteiger partial charge on any atom is -0.468 e. The monoisotopic (exact) mass is 294 g/mol. The minimum absolute atomic E-state index is 0.160. The molecule has 6 heteroatoms. The molecule has 1 rings (SSSR count). The topological polar surface area (TPSA) is 35.5 Å². The van der Waals surface area contributed by atoms with E-state index in [4.69, 9.17) is 0 Å². The van der Waals surface area contributed by atoms with E-state index in [1.807, 2.05) is 20.8 Å². The van der Waals surface area contributed by atoms with Gasteiger partial charge in [0.2, 0.25) is 0 Å². The second-order valence-electron chi connectivity index (χ2n) is 3.10. The molecule has 1 aromatic rings. The highest BCUT2D eigenvalue weighted by Gasteiger charge is 2.30. The fraction of sp³-hybridized carbons (Fsp3) is 0.500. The number of alkyl halides is 3.